The lowest BCUT2D eigenvalue weighted by molar-refractivity contribution is 0.522. The maximum Gasteiger partial charge on any atom is 0.125 e. The molecular formula is C13H17N3S. The molecule has 0 saturated heterocycles. The maximum atomic E-state index is 5.81. The van der Waals surface area contributed by atoms with Gasteiger partial charge in [-0.15, -0.1) is 11.3 Å². The van der Waals surface area contributed by atoms with Crippen LogP contribution in [0.25, 0.3) is 10.6 Å². The third-order valence-corrected chi connectivity index (χ3v) is 3.88. The largest absolute Gasteiger partial charge is 0.330 e. The average Bonchev–Trinajstić information content (AvgIpc) is 2.73. The Bertz CT molecular complexity index is 503. The molecule has 0 radical (unpaired) electrons. The minimum absolute atomic E-state index is 0.0684. The van der Waals surface area contributed by atoms with Crippen LogP contribution >= 0.6 is 11.3 Å². The predicted molar refractivity (Wildman–Crippen MR) is 72.2 cm³/mol. The molecule has 4 heteroatoms. The summed E-state index contributed by atoms with van der Waals surface area (Å²) in [7, 11) is 0. The molecular weight excluding hydrogens is 230 g/mol. The second-order valence-corrected chi connectivity index (χ2v) is 5.96. The molecule has 0 aliphatic carbocycles. The van der Waals surface area contributed by atoms with Crippen LogP contribution in [-0.2, 0) is 5.41 Å². The summed E-state index contributed by atoms with van der Waals surface area (Å²) in [4.78, 5) is 10.1. The van der Waals surface area contributed by atoms with E-state index in [0.717, 1.165) is 16.3 Å². The Morgan fingerprint density at radius 3 is 2.76 bits per heavy atom. The van der Waals surface area contributed by atoms with E-state index in [4.69, 9.17) is 10.7 Å². The summed E-state index contributed by atoms with van der Waals surface area (Å²) in [5.74, 6) is 0. The van der Waals surface area contributed by atoms with Crippen molar-refractivity contribution < 1.29 is 0 Å². The van der Waals surface area contributed by atoms with E-state index >= 15 is 0 Å². The van der Waals surface area contributed by atoms with Gasteiger partial charge in [0.1, 0.15) is 5.01 Å². The normalized spacial score (nSPS) is 11.8. The van der Waals surface area contributed by atoms with Crippen LogP contribution in [-0.4, -0.2) is 16.5 Å². The Morgan fingerprint density at radius 2 is 2.18 bits per heavy atom. The number of aromatic nitrogens is 2. The number of nitrogens with zero attached hydrogens (tertiary/aromatic N) is 2. The topological polar surface area (TPSA) is 51.8 Å². The van der Waals surface area contributed by atoms with Crippen molar-refractivity contribution in [2.75, 3.05) is 6.54 Å². The van der Waals surface area contributed by atoms with Crippen LogP contribution in [0, 0.1) is 6.92 Å². The van der Waals surface area contributed by atoms with Gasteiger partial charge in [0, 0.05) is 34.8 Å². The quantitative estimate of drug-likeness (QED) is 0.907. The van der Waals surface area contributed by atoms with E-state index in [9.17, 15) is 0 Å². The summed E-state index contributed by atoms with van der Waals surface area (Å²) in [5, 5.41) is 1.02. The molecule has 2 heterocycles. The lowest BCUT2D eigenvalue weighted by Crippen LogP contribution is -2.29. The van der Waals surface area contributed by atoms with Gasteiger partial charge in [0.25, 0.3) is 0 Å². The third kappa shape index (κ3) is 2.37. The summed E-state index contributed by atoms with van der Waals surface area (Å²) in [6.45, 7) is 6.96. The van der Waals surface area contributed by atoms with Gasteiger partial charge in [-0.3, -0.25) is 4.98 Å². The molecule has 0 spiro atoms. The van der Waals surface area contributed by atoms with Crippen LogP contribution < -0.4 is 5.73 Å². The summed E-state index contributed by atoms with van der Waals surface area (Å²) >= 11 is 1.70. The molecule has 2 N–H and O–H groups in total. The standard InChI is InChI=1S/C13H17N3S/c1-9-11(13(2,3)8-14)16-12(17-9)10-5-4-6-15-7-10/h4-7H,8,14H2,1-3H3. The molecule has 0 aliphatic rings. The zero-order chi connectivity index (χ0) is 12.5. The van der Waals surface area contributed by atoms with E-state index in [1.165, 1.54) is 4.88 Å². The molecule has 0 aliphatic heterocycles. The molecule has 0 bridgehead atoms. The van der Waals surface area contributed by atoms with Crippen LogP contribution in [0.15, 0.2) is 24.5 Å². The Balaban J connectivity index is 2.45. The predicted octanol–water partition coefficient (Wildman–Crippen LogP) is 2.75. The first kappa shape index (κ1) is 12.2. The Hall–Kier alpha value is -1.26. The highest BCUT2D eigenvalue weighted by Crippen LogP contribution is 2.33. The van der Waals surface area contributed by atoms with Crippen LogP contribution in [0.4, 0.5) is 0 Å². The number of hydrogen-bond donors (Lipinski definition) is 1. The zero-order valence-corrected chi connectivity index (χ0v) is 11.2. The molecule has 2 aromatic heterocycles. The lowest BCUT2D eigenvalue weighted by atomic mass is 9.89. The van der Waals surface area contributed by atoms with E-state index in [2.05, 4.69) is 25.8 Å². The van der Waals surface area contributed by atoms with Gasteiger partial charge < -0.3 is 5.73 Å². The summed E-state index contributed by atoms with van der Waals surface area (Å²) in [6, 6.07) is 3.96. The van der Waals surface area contributed by atoms with Crippen molar-refractivity contribution in [3.63, 3.8) is 0 Å². The summed E-state index contributed by atoms with van der Waals surface area (Å²) in [6.07, 6.45) is 3.62. The SMILES string of the molecule is Cc1sc(-c2cccnc2)nc1C(C)(C)CN. The molecule has 0 saturated carbocycles. The van der Waals surface area contributed by atoms with Crippen LogP contribution in [0.1, 0.15) is 24.4 Å². The summed E-state index contributed by atoms with van der Waals surface area (Å²) < 4.78 is 0. The molecule has 3 nitrogen and oxygen atoms in total. The molecule has 0 fully saturated rings. The summed E-state index contributed by atoms with van der Waals surface area (Å²) in [5.41, 5.74) is 7.91. The van der Waals surface area contributed by atoms with Crippen molar-refractivity contribution in [2.24, 2.45) is 5.73 Å². The first-order chi connectivity index (χ1) is 8.04. The van der Waals surface area contributed by atoms with E-state index in [1.807, 2.05) is 18.3 Å². The monoisotopic (exact) mass is 247 g/mol. The molecule has 2 rings (SSSR count). The second-order valence-electron chi connectivity index (χ2n) is 4.75. The Morgan fingerprint density at radius 1 is 1.41 bits per heavy atom. The second kappa shape index (κ2) is 4.55. The molecule has 0 atom stereocenters. The maximum absolute atomic E-state index is 5.81. The fraction of sp³-hybridized carbons (Fsp3) is 0.385. The number of aryl methyl sites for hydroxylation is 1. The number of hydrogen-bond acceptors (Lipinski definition) is 4. The molecule has 90 valence electrons. The molecule has 2 aromatic rings. The van der Waals surface area contributed by atoms with Gasteiger partial charge >= 0.3 is 0 Å². The molecule has 17 heavy (non-hydrogen) atoms. The van der Waals surface area contributed by atoms with Crippen molar-refractivity contribution in [3.8, 4) is 10.6 Å². The molecule has 0 aromatic carbocycles. The van der Waals surface area contributed by atoms with E-state index in [0.29, 0.717) is 6.54 Å². The van der Waals surface area contributed by atoms with Gasteiger partial charge in [-0.05, 0) is 19.1 Å². The number of nitrogens with two attached hydrogens (primary N) is 1. The Labute approximate surface area is 106 Å². The van der Waals surface area contributed by atoms with Gasteiger partial charge in [-0.25, -0.2) is 4.98 Å². The number of rotatable bonds is 3. The van der Waals surface area contributed by atoms with Gasteiger partial charge in [0.15, 0.2) is 0 Å². The highest BCUT2D eigenvalue weighted by molar-refractivity contribution is 7.15. The van der Waals surface area contributed by atoms with Crippen molar-refractivity contribution >= 4 is 11.3 Å². The number of pyridine rings is 1. The number of thiazole rings is 1. The van der Waals surface area contributed by atoms with Crippen molar-refractivity contribution in [3.05, 3.63) is 35.1 Å². The first-order valence-electron chi connectivity index (χ1n) is 5.63. The minimum atomic E-state index is -0.0684. The van der Waals surface area contributed by atoms with Crippen molar-refractivity contribution in [1.82, 2.24) is 9.97 Å². The van der Waals surface area contributed by atoms with E-state index in [-0.39, 0.29) is 5.41 Å². The highest BCUT2D eigenvalue weighted by atomic mass is 32.1. The fourth-order valence-electron chi connectivity index (χ4n) is 1.73. The van der Waals surface area contributed by atoms with Crippen molar-refractivity contribution in [1.29, 1.82) is 0 Å². The van der Waals surface area contributed by atoms with Gasteiger partial charge in [0.05, 0.1) is 5.69 Å². The average molecular weight is 247 g/mol. The third-order valence-electron chi connectivity index (χ3n) is 2.86. The first-order valence-corrected chi connectivity index (χ1v) is 6.44. The highest BCUT2D eigenvalue weighted by Gasteiger charge is 2.25. The molecule has 0 unspecified atom stereocenters. The molecule has 0 amide bonds. The minimum Gasteiger partial charge on any atom is -0.330 e. The lowest BCUT2D eigenvalue weighted by Gasteiger charge is -2.20. The smallest absolute Gasteiger partial charge is 0.125 e. The van der Waals surface area contributed by atoms with E-state index in [1.54, 1.807) is 17.5 Å². The van der Waals surface area contributed by atoms with E-state index < -0.39 is 0 Å². The fourth-order valence-corrected chi connectivity index (χ4v) is 2.82. The van der Waals surface area contributed by atoms with Crippen LogP contribution in [0.5, 0.6) is 0 Å². The van der Waals surface area contributed by atoms with Crippen LogP contribution in [0.2, 0.25) is 0 Å². The van der Waals surface area contributed by atoms with Gasteiger partial charge in [-0.2, -0.15) is 0 Å². The van der Waals surface area contributed by atoms with Crippen molar-refractivity contribution in [2.45, 2.75) is 26.2 Å². The Kier molecular flexibility index (Phi) is 3.26. The van der Waals surface area contributed by atoms with Crippen LogP contribution in [0.3, 0.4) is 0 Å². The zero-order valence-electron chi connectivity index (χ0n) is 10.4. The van der Waals surface area contributed by atoms with Gasteiger partial charge in [0.2, 0.25) is 0 Å². The van der Waals surface area contributed by atoms with Gasteiger partial charge in [-0.1, -0.05) is 13.8 Å².